The second-order valence-electron chi connectivity index (χ2n) is 4.87. The summed E-state index contributed by atoms with van der Waals surface area (Å²) in [5.41, 5.74) is 0. The van der Waals surface area contributed by atoms with E-state index in [9.17, 15) is 9.59 Å². The quantitative estimate of drug-likeness (QED) is 0.788. The van der Waals surface area contributed by atoms with E-state index in [2.05, 4.69) is 5.32 Å². The molecule has 1 aromatic heterocycles. The van der Waals surface area contributed by atoms with Gasteiger partial charge in [0.25, 0.3) is 0 Å². The van der Waals surface area contributed by atoms with E-state index in [1.165, 1.54) is 31.9 Å². The van der Waals surface area contributed by atoms with Gasteiger partial charge in [0.15, 0.2) is 5.76 Å². The van der Waals surface area contributed by atoms with Gasteiger partial charge in [0.2, 0.25) is 11.7 Å². The maximum absolute atomic E-state index is 11.6. The van der Waals surface area contributed by atoms with Crippen molar-refractivity contribution in [2.45, 2.75) is 38.5 Å². The number of furan rings is 1. The predicted molar refractivity (Wildman–Crippen MR) is 67.2 cm³/mol. The number of carbonyl (C=O) groups is 2. The molecule has 1 aliphatic rings. The fourth-order valence-corrected chi connectivity index (χ4v) is 2.43. The summed E-state index contributed by atoms with van der Waals surface area (Å²) < 4.78 is 4.97. The molecule has 1 aromatic rings. The first-order valence-corrected chi connectivity index (χ1v) is 6.59. The van der Waals surface area contributed by atoms with Crippen molar-refractivity contribution in [3.05, 3.63) is 24.2 Å². The zero-order chi connectivity index (χ0) is 12.8. The molecule has 18 heavy (non-hydrogen) atoms. The van der Waals surface area contributed by atoms with Gasteiger partial charge < -0.3 is 9.73 Å². The molecule has 4 heteroatoms. The van der Waals surface area contributed by atoms with Crippen LogP contribution in [0.15, 0.2) is 22.8 Å². The molecule has 1 N–H and O–H groups in total. The monoisotopic (exact) mass is 249 g/mol. The van der Waals surface area contributed by atoms with Crippen molar-refractivity contribution in [2.75, 3.05) is 6.54 Å². The highest BCUT2D eigenvalue weighted by atomic mass is 16.3. The molecule has 4 nitrogen and oxygen atoms in total. The van der Waals surface area contributed by atoms with Crippen LogP contribution < -0.4 is 5.32 Å². The normalized spacial score (nSPS) is 15.8. The molecule has 0 saturated heterocycles. The van der Waals surface area contributed by atoms with Crippen LogP contribution in [0.2, 0.25) is 0 Å². The second kappa shape index (κ2) is 6.38. The van der Waals surface area contributed by atoms with Gasteiger partial charge in [-0.1, -0.05) is 25.7 Å². The van der Waals surface area contributed by atoms with Crippen molar-refractivity contribution in [3.8, 4) is 0 Å². The number of Topliss-reactive ketones (excluding diaryl/α,β-unsaturated/α-hetero) is 1. The Balaban J connectivity index is 1.63. The first-order valence-electron chi connectivity index (χ1n) is 6.59. The van der Waals surface area contributed by atoms with Crippen LogP contribution in [-0.2, 0) is 4.79 Å². The van der Waals surface area contributed by atoms with E-state index in [1.54, 1.807) is 12.1 Å². The summed E-state index contributed by atoms with van der Waals surface area (Å²) in [6.07, 6.45) is 8.01. The van der Waals surface area contributed by atoms with Gasteiger partial charge in [-0.05, 0) is 24.5 Å². The van der Waals surface area contributed by atoms with E-state index in [0.29, 0.717) is 18.1 Å². The van der Waals surface area contributed by atoms with Crippen LogP contribution in [0.4, 0.5) is 0 Å². The summed E-state index contributed by atoms with van der Waals surface area (Å²) in [6.45, 7) is 0.0248. The molecule has 1 amide bonds. The molecule has 0 unspecified atom stereocenters. The first kappa shape index (κ1) is 12.9. The van der Waals surface area contributed by atoms with Crippen LogP contribution in [0, 0.1) is 5.92 Å². The number of nitrogens with one attached hydrogen (secondary N) is 1. The lowest BCUT2D eigenvalue weighted by Crippen LogP contribution is -2.29. The lowest BCUT2D eigenvalue weighted by Gasteiger charge is -2.08. The summed E-state index contributed by atoms with van der Waals surface area (Å²) in [7, 11) is 0. The van der Waals surface area contributed by atoms with E-state index < -0.39 is 0 Å². The molecule has 0 radical (unpaired) electrons. The van der Waals surface area contributed by atoms with Crippen molar-refractivity contribution in [3.63, 3.8) is 0 Å². The minimum absolute atomic E-state index is 0.0248. The van der Waals surface area contributed by atoms with E-state index in [0.717, 1.165) is 6.42 Å². The van der Waals surface area contributed by atoms with Crippen molar-refractivity contribution in [1.82, 2.24) is 5.32 Å². The van der Waals surface area contributed by atoms with Crippen LogP contribution in [0.1, 0.15) is 49.1 Å². The predicted octanol–water partition coefficient (Wildman–Crippen LogP) is 2.55. The van der Waals surface area contributed by atoms with Gasteiger partial charge >= 0.3 is 0 Å². The summed E-state index contributed by atoms with van der Waals surface area (Å²) in [5, 5.41) is 2.65. The highest BCUT2D eigenvalue weighted by Gasteiger charge is 2.16. The number of amides is 1. The third-order valence-electron chi connectivity index (χ3n) is 3.50. The minimum Gasteiger partial charge on any atom is -0.461 e. The molecule has 0 aromatic carbocycles. The highest BCUT2D eigenvalue weighted by Crippen LogP contribution is 2.28. The molecule has 2 rings (SSSR count). The van der Waals surface area contributed by atoms with Gasteiger partial charge in [0, 0.05) is 6.42 Å². The fraction of sp³-hybridized carbons (Fsp3) is 0.571. The van der Waals surface area contributed by atoms with Gasteiger partial charge in [0.1, 0.15) is 0 Å². The Morgan fingerprint density at radius 2 is 2.11 bits per heavy atom. The summed E-state index contributed by atoms with van der Waals surface area (Å²) >= 11 is 0. The molecule has 98 valence electrons. The van der Waals surface area contributed by atoms with Crippen LogP contribution in [0.25, 0.3) is 0 Å². The average Bonchev–Trinajstić information content (AvgIpc) is 3.05. The zero-order valence-electron chi connectivity index (χ0n) is 10.5. The Morgan fingerprint density at radius 1 is 1.33 bits per heavy atom. The SMILES string of the molecule is O=C(CCC1CCCC1)NCC(=O)c1ccco1. The maximum atomic E-state index is 11.6. The van der Waals surface area contributed by atoms with Crippen LogP contribution in [0.5, 0.6) is 0 Å². The van der Waals surface area contributed by atoms with Gasteiger partial charge in [-0.3, -0.25) is 9.59 Å². The van der Waals surface area contributed by atoms with Crippen molar-refractivity contribution in [2.24, 2.45) is 5.92 Å². The molecule has 1 fully saturated rings. The number of hydrogen-bond donors (Lipinski definition) is 1. The van der Waals surface area contributed by atoms with Crippen LogP contribution in [-0.4, -0.2) is 18.2 Å². The minimum atomic E-state index is -0.186. The molecule has 0 bridgehead atoms. The molecule has 1 heterocycles. The van der Waals surface area contributed by atoms with Crippen molar-refractivity contribution in [1.29, 1.82) is 0 Å². The third kappa shape index (κ3) is 3.72. The molecule has 1 aliphatic carbocycles. The van der Waals surface area contributed by atoms with Crippen molar-refractivity contribution < 1.29 is 14.0 Å². The number of rotatable bonds is 6. The van der Waals surface area contributed by atoms with E-state index >= 15 is 0 Å². The summed E-state index contributed by atoms with van der Waals surface area (Å²) in [5.74, 6) is 0.777. The van der Waals surface area contributed by atoms with Crippen molar-refractivity contribution >= 4 is 11.7 Å². The van der Waals surface area contributed by atoms with Gasteiger partial charge in [-0.2, -0.15) is 0 Å². The van der Waals surface area contributed by atoms with Gasteiger partial charge in [-0.15, -0.1) is 0 Å². The molecular weight excluding hydrogens is 230 g/mol. The Bertz CT molecular complexity index is 391. The Kier molecular flexibility index (Phi) is 4.56. The standard InChI is InChI=1S/C14H19NO3/c16-12(13-6-3-9-18-13)10-15-14(17)8-7-11-4-1-2-5-11/h3,6,9,11H,1-2,4-5,7-8,10H2,(H,15,17). The fourth-order valence-electron chi connectivity index (χ4n) is 2.43. The molecule has 0 atom stereocenters. The first-order chi connectivity index (χ1) is 8.75. The Hall–Kier alpha value is -1.58. The summed E-state index contributed by atoms with van der Waals surface area (Å²) in [6, 6.07) is 3.27. The molecular formula is C14H19NO3. The number of ketones is 1. The molecule has 1 saturated carbocycles. The zero-order valence-corrected chi connectivity index (χ0v) is 10.5. The molecule has 0 spiro atoms. The van der Waals surface area contributed by atoms with E-state index in [-0.39, 0.29) is 18.2 Å². The Labute approximate surface area is 107 Å². The number of hydrogen-bond acceptors (Lipinski definition) is 3. The van der Waals surface area contributed by atoms with Gasteiger partial charge in [-0.25, -0.2) is 0 Å². The van der Waals surface area contributed by atoms with Gasteiger partial charge in [0.05, 0.1) is 12.8 Å². The van der Waals surface area contributed by atoms with Crippen LogP contribution >= 0.6 is 0 Å². The van der Waals surface area contributed by atoms with E-state index in [1.807, 2.05) is 0 Å². The smallest absolute Gasteiger partial charge is 0.220 e. The maximum Gasteiger partial charge on any atom is 0.220 e. The molecule has 0 aliphatic heterocycles. The second-order valence-corrected chi connectivity index (χ2v) is 4.87. The Morgan fingerprint density at radius 3 is 2.78 bits per heavy atom. The third-order valence-corrected chi connectivity index (χ3v) is 3.50. The topological polar surface area (TPSA) is 59.3 Å². The lowest BCUT2D eigenvalue weighted by molar-refractivity contribution is -0.121. The largest absolute Gasteiger partial charge is 0.461 e. The average molecular weight is 249 g/mol. The number of carbonyl (C=O) groups excluding carboxylic acids is 2. The van der Waals surface area contributed by atoms with E-state index in [4.69, 9.17) is 4.42 Å². The summed E-state index contributed by atoms with van der Waals surface area (Å²) in [4.78, 5) is 23.1. The van der Waals surface area contributed by atoms with Crippen LogP contribution in [0.3, 0.4) is 0 Å². The lowest BCUT2D eigenvalue weighted by atomic mass is 10.0. The highest BCUT2D eigenvalue weighted by molar-refractivity contribution is 5.97.